The highest BCUT2D eigenvalue weighted by atomic mass is 16.6. The topological polar surface area (TPSA) is 47.6 Å². The first kappa shape index (κ1) is 15.5. The molecule has 1 aromatic carbocycles. The van der Waals surface area contributed by atoms with Gasteiger partial charge in [-0.2, -0.15) is 0 Å². The predicted molar refractivity (Wildman–Crippen MR) is 76.4 cm³/mol. The number of rotatable bonds is 9. The van der Waals surface area contributed by atoms with Crippen molar-refractivity contribution in [1.82, 2.24) is 0 Å². The molecular formula is C15H23NO3. The molecule has 0 saturated heterocycles. The van der Waals surface area contributed by atoms with Gasteiger partial charge in [-0.05, 0) is 25.5 Å². The number of carbonyl (C=O) groups excluding carboxylic acids is 1. The van der Waals surface area contributed by atoms with Crippen LogP contribution >= 0.6 is 0 Å². The van der Waals surface area contributed by atoms with Crippen LogP contribution in [0.2, 0.25) is 0 Å². The van der Waals surface area contributed by atoms with Gasteiger partial charge in [0.15, 0.2) is 0 Å². The molecule has 0 radical (unpaired) electrons. The first-order valence-corrected chi connectivity index (χ1v) is 6.76. The monoisotopic (exact) mass is 265 g/mol. The Balaban J connectivity index is 2.05. The van der Waals surface area contributed by atoms with E-state index < -0.39 is 0 Å². The van der Waals surface area contributed by atoms with Gasteiger partial charge >= 0.3 is 5.97 Å². The molecular weight excluding hydrogens is 242 g/mol. The summed E-state index contributed by atoms with van der Waals surface area (Å²) >= 11 is 0. The molecule has 1 aromatic rings. The zero-order valence-electron chi connectivity index (χ0n) is 11.8. The summed E-state index contributed by atoms with van der Waals surface area (Å²) in [4.78, 5) is 11.4. The summed E-state index contributed by atoms with van der Waals surface area (Å²) < 4.78 is 10.3. The normalized spacial score (nSPS) is 10.2. The van der Waals surface area contributed by atoms with Crippen molar-refractivity contribution in [3.63, 3.8) is 0 Å². The second kappa shape index (κ2) is 9.39. The lowest BCUT2D eigenvalue weighted by Crippen LogP contribution is -2.14. The fourth-order valence-electron chi connectivity index (χ4n) is 1.51. The average Bonchev–Trinajstić information content (AvgIpc) is 2.41. The number of anilines is 1. The maximum absolute atomic E-state index is 11.4. The Hall–Kier alpha value is -1.55. The van der Waals surface area contributed by atoms with E-state index >= 15 is 0 Å². The molecule has 0 aliphatic heterocycles. The van der Waals surface area contributed by atoms with Gasteiger partial charge in [0.1, 0.15) is 6.61 Å². The Labute approximate surface area is 115 Å². The van der Waals surface area contributed by atoms with Crippen LogP contribution < -0.4 is 5.32 Å². The minimum Gasteiger partial charge on any atom is -0.463 e. The molecule has 0 unspecified atom stereocenters. The third-order valence-corrected chi connectivity index (χ3v) is 2.55. The molecule has 0 aromatic heterocycles. The first-order chi connectivity index (χ1) is 9.22. The second-order valence-electron chi connectivity index (χ2n) is 4.38. The fourth-order valence-corrected chi connectivity index (χ4v) is 1.51. The Kier molecular flexibility index (Phi) is 7.66. The minimum absolute atomic E-state index is 0.195. The summed E-state index contributed by atoms with van der Waals surface area (Å²) in [5.74, 6) is -0.195. The highest BCUT2D eigenvalue weighted by Crippen LogP contribution is 2.08. The quantitative estimate of drug-likeness (QED) is 0.551. The van der Waals surface area contributed by atoms with Crippen LogP contribution in [0.3, 0.4) is 0 Å². The van der Waals surface area contributed by atoms with Gasteiger partial charge in [-0.3, -0.25) is 4.79 Å². The van der Waals surface area contributed by atoms with E-state index in [4.69, 9.17) is 9.47 Å². The number of esters is 1. The van der Waals surface area contributed by atoms with Gasteiger partial charge in [0, 0.05) is 18.8 Å². The van der Waals surface area contributed by atoms with E-state index in [1.165, 1.54) is 5.56 Å². The molecule has 1 rings (SSSR count). The van der Waals surface area contributed by atoms with E-state index in [-0.39, 0.29) is 5.97 Å². The van der Waals surface area contributed by atoms with Crippen LogP contribution in [-0.4, -0.2) is 32.3 Å². The third-order valence-electron chi connectivity index (χ3n) is 2.55. The molecule has 0 atom stereocenters. The van der Waals surface area contributed by atoms with Gasteiger partial charge in [0.2, 0.25) is 0 Å². The Morgan fingerprint density at radius 3 is 2.58 bits per heavy atom. The van der Waals surface area contributed by atoms with Gasteiger partial charge in [-0.15, -0.1) is 0 Å². The third kappa shape index (κ3) is 7.47. The van der Waals surface area contributed by atoms with Crippen LogP contribution in [0.4, 0.5) is 5.69 Å². The van der Waals surface area contributed by atoms with Gasteiger partial charge in [0.05, 0.1) is 13.0 Å². The van der Waals surface area contributed by atoms with Gasteiger partial charge in [-0.1, -0.05) is 24.6 Å². The number of aryl methyl sites for hydroxylation is 1. The molecule has 19 heavy (non-hydrogen) atoms. The Morgan fingerprint density at radius 1 is 1.16 bits per heavy atom. The summed E-state index contributed by atoms with van der Waals surface area (Å²) in [6.45, 7) is 6.20. The van der Waals surface area contributed by atoms with E-state index in [0.717, 1.165) is 12.1 Å². The maximum atomic E-state index is 11.4. The van der Waals surface area contributed by atoms with E-state index in [9.17, 15) is 4.79 Å². The molecule has 0 spiro atoms. The van der Waals surface area contributed by atoms with Crippen molar-refractivity contribution in [2.75, 3.05) is 31.7 Å². The predicted octanol–water partition coefficient (Wildman–Crippen LogP) is 2.77. The molecule has 0 amide bonds. The molecule has 0 fully saturated rings. The highest BCUT2D eigenvalue weighted by molar-refractivity contribution is 5.70. The van der Waals surface area contributed by atoms with E-state index in [0.29, 0.717) is 32.8 Å². The highest BCUT2D eigenvalue weighted by Gasteiger charge is 2.02. The summed E-state index contributed by atoms with van der Waals surface area (Å²) in [7, 11) is 0. The van der Waals surface area contributed by atoms with Crippen LogP contribution in [0.1, 0.15) is 25.3 Å². The minimum atomic E-state index is -0.195. The SMILES string of the molecule is CCCOCCOC(=O)CCNc1ccc(C)cc1. The van der Waals surface area contributed by atoms with Crippen LogP contribution in [0.5, 0.6) is 0 Å². The molecule has 0 bridgehead atoms. The zero-order valence-corrected chi connectivity index (χ0v) is 11.8. The van der Waals surface area contributed by atoms with E-state index in [2.05, 4.69) is 5.32 Å². The van der Waals surface area contributed by atoms with Crippen molar-refractivity contribution < 1.29 is 14.3 Å². The number of ether oxygens (including phenoxy) is 2. The number of hydrogen-bond donors (Lipinski definition) is 1. The zero-order chi connectivity index (χ0) is 13.9. The summed E-state index contributed by atoms with van der Waals surface area (Å²) in [5.41, 5.74) is 2.24. The summed E-state index contributed by atoms with van der Waals surface area (Å²) in [5, 5.41) is 3.18. The first-order valence-electron chi connectivity index (χ1n) is 6.76. The smallest absolute Gasteiger partial charge is 0.307 e. The van der Waals surface area contributed by atoms with Crippen molar-refractivity contribution >= 4 is 11.7 Å². The lowest BCUT2D eigenvalue weighted by molar-refractivity contribution is -0.144. The van der Waals surface area contributed by atoms with Gasteiger partial charge in [0.25, 0.3) is 0 Å². The summed E-state index contributed by atoms with van der Waals surface area (Å²) in [6, 6.07) is 8.07. The molecule has 1 N–H and O–H groups in total. The molecule has 0 aliphatic rings. The van der Waals surface area contributed by atoms with Crippen LogP contribution in [0.25, 0.3) is 0 Å². The second-order valence-corrected chi connectivity index (χ2v) is 4.38. The van der Waals surface area contributed by atoms with Crippen molar-refractivity contribution in [3.8, 4) is 0 Å². The lowest BCUT2D eigenvalue weighted by Gasteiger charge is -2.07. The van der Waals surface area contributed by atoms with Crippen molar-refractivity contribution in [3.05, 3.63) is 29.8 Å². The molecule has 4 nitrogen and oxygen atoms in total. The van der Waals surface area contributed by atoms with Gasteiger partial charge in [-0.25, -0.2) is 0 Å². The largest absolute Gasteiger partial charge is 0.463 e. The number of hydrogen-bond acceptors (Lipinski definition) is 4. The fraction of sp³-hybridized carbons (Fsp3) is 0.533. The Morgan fingerprint density at radius 2 is 1.89 bits per heavy atom. The molecule has 0 saturated carbocycles. The standard InChI is InChI=1S/C15H23NO3/c1-3-10-18-11-12-19-15(17)8-9-16-14-6-4-13(2)5-7-14/h4-7,16H,3,8-12H2,1-2H3. The van der Waals surface area contributed by atoms with Crippen molar-refractivity contribution in [2.45, 2.75) is 26.7 Å². The molecule has 0 aliphatic carbocycles. The number of benzene rings is 1. The van der Waals surface area contributed by atoms with E-state index in [1.807, 2.05) is 38.1 Å². The summed E-state index contributed by atoms with van der Waals surface area (Å²) in [6.07, 6.45) is 1.34. The molecule has 0 heterocycles. The average molecular weight is 265 g/mol. The number of carbonyl (C=O) groups is 1. The molecule has 4 heteroatoms. The van der Waals surface area contributed by atoms with Crippen LogP contribution in [0, 0.1) is 6.92 Å². The maximum Gasteiger partial charge on any atom is 0.307 e. The Bertz CT molecular complexity index is 362. The van der Waals surface area contributed by atoms with E-state index in [1.54, 1.807) is 0 Å². The van der Waals surface area contributed by atoms with Gasteiger partial charge < -0.3 is 14.8 Å². The van der Waals surface area contributed by atoms with Crippen molar-refractivity contribution in [1.29, 1.82) is 0 Å². The molecule has 106 valence electrons. The van der Waals surface area contributed by atoms with Crippen LogP contribution in [-0.2, 0) is 14.3 Å². The lowest BCUT2D eigenvalue weighted by atomic mass is 10.2. The van der Waals surface area contributed by atoms with Crippen LogP contribution in [0.15, 0.2) is 24.3 Å². The van der Waals surface area contributed by atoms with Crippen molar-refractivity contribution in [2.24, 2.45) is 0 Å². The number of nitrogens with one attached hydrogen (secondary N) is 1.